The number of hydrogen-bond donors (Lipinski definition) is 1. The molecule has 102 valence electrons. The van der Waals surface area contributed by atoms with Gasteiger partial charge in [0.25, 0.3) is 0 Å². The van der Waals surface area contributed by atoms with Crippen LogP contribution in [0.3, 0.4) is 0 Å². The van der Waals surface area contributed by atoms with Crippen LogP contribution in [-0.4, -0.2) is 28.4 Å². The molecule has 4 heteroatoms. The van der Waals surface area contributed by atoms with E-state index in [0.717, 1.165) is 12.0 Å². The van der Waals surface area contributed by atoms with Crippen molar-refractivity contribution in [3.8, 4) is 0 Å². The molecule has 0 saturated carbocycles. The maximum atomic E-state index is 12.2. The number of benzene rings is 1. The second-order valence-electron chi connectivity index (χ2n) is 5.70. The first kappa shape index (κ1) is 13.6. The van der Waals surface area contributed by atoms with Crippen LogP contribution in [0, 0.1) is 5.41 Å². The van der Waals surface area contributed by atoms with Crippen LogP contribution in [0.1, 0.15) is 31.4 Å². The zero-order valence-electron chi connectivity index (χ0n) is 11.3. The molecule has 1 aromatic carbocycles. The Hall–Kier alpha value is -1.84. The number of carboxylic acid groups (broad SMARTS) is 1. The summed E-state index contributed by atoms with van der Waals surface area (Å²) in [4.78, 5) is 25.0. The first-order valence-corrected chi connectivity index (χ1v) is 6.48. The Morgan fingerprint density at radius 1 is 1.26 bits per heavy atom. The van der Waals surface area contributed by atoms with E-state index in [-0.39, 0.29) is 12.3 Å². The monoisotopic (exact) mass is 261 g/mol. The van der Waals surface area contributed by atoms with E-state index in [2.05, 4.69) is 6.07 Å². The lowest BCUT2D eigenvalue weighted by molar-refractivity contribution is -0.151. The van der Waals surface area contributed by atoms with Crippen molar-refractivity contribution in [1.29, 1.82) is 0 Å². The summed E-state index contributed by atoms with van der Waals surface area (Å²) >= 11 is 0. The highest BCUT2D eigenvalue weighted by molar-refractivity contribution is 5.84. The minimum atomic E-state index is -1.01. The molecule has 1 heterocycles. The second kappa shape index (κ2) is 5.03. The van der Waals surface area contributed by atoms with Gasteiger partial charge >= 0.3 is 5.97 Å². The van der Waals surface area contributed by atoms with Crippen LogP contribution in [0.2, 0.25) is 0 Å². The highest BCUT2D eigenvalue weighted by atomic mass is 16.4. The van der Waals surface area contributed by atoms with Gasteiger partial charge in [0.15, 0.2) is 0 Å². The molecule has 0 bridgehead atoms. The molecular formula is C15H19NO3. The maximum absolute atomic E-state index is 12.2. The summed E-state index contributed by atoms with van der Waals surface area (Å²) in [5.41, 5.74) is 1.44. The summed E-state index contributed by atoms with van der Waals surface area (Å²) in [6, 6.07) is 8.08. The topological polar surface area (TPSA) is 57.6 Å². The maximum Gasteiger partial charge on any atom is 0.309 e. The smallest absolute Gasteiger partial charge is 0.309 e. The number of rotatable bonds is 3. The van der Waals surface area contributed by atoms with Crippen molar-refractivity contribution >= 4 is 11.9 Å². The van der Waals surface area contributed by atoms with Gasteiger partial charge in [0.05, 0.1) is 5.41 Å². The fraction of sp³-hybridized carbons (Fsp3) is 0.467. The van der Waals surface area contributed by atoms with E-state index in [0.29, 0.717) is 13.1 Å². The first-order valence-electron chi connectivity index (χ1n) is 6.48. The van der Waals surface area contributed by atoms with Crippen LogP contribution in [0.15, 0.2) is 24.3 Å². The minimum Gasteiger partial charge on any atom is -0.481 e. The molecule has 0 aliphatic carbocycles. The van der Waals surface area contributed by atoms with Gasteiger partial charge in [-0.15, -0.1) is 0 Å². The standard InChI is InChI=1S/C15H19NO3/c1-15(2,14(18)19)9-13(17)16-8-7-11-5-3-4-6-12(11)10-16/h3-6H,7-10H2,1-2H3,(H,18,19). The third kappa shape index (κ3) is 2.95. The van der Waals surface area contributed by atoms with Crippen molar-refractivity contribution in [2.24, 2.45) is 5.41 Å². The Balaban J connectivity index is 2.05. The average Bonchev–Trinajstić information content (AvgIpc) is 2.37. The summed E-state index contributed by atoms with van der Waals surface area (Å²) in [5, 5.41) is 9.08. The van der Waals surface area contributed by atoms with Crippen LogP contribution in [-0.2, 0) is 22.6 Å². The quantitative estimate of drug-likeness (QED) is 0.906. The van der Waals surface area contributed by atoms with E-state index in [1.807, 2.05) is 18.2 Å². The molecule has 0 saturated heterocycles. The van der Waals surface area contributed by atoms with Gasteiger partial charge < -0.3 is 10.0 Å². The molecule has 2 rings (SSSR count). The van der Waals surface area contributed by atoms with Crippen molar-refractivity contribution in [3.05, 3.63) is 35.4 Å². The van der Waals surface area contributed by atoms with Crippen LogP contribution in [0.25, 0.3) is 0 Å². The molecule has 4 nitrogen and oxygen atoms in total. The van der Waals surface area contributed by atoms with E-state index < -0.39 is 11.4 Å². The van der Waals surface area contributed by atoms with Gasteiger partial charge in [0.1, 0.15) is 0 Å². The Labute approximate surface area is 113 Å². The number of fused-ring (bicyclic) bond motifs is 1. The summed E-state index contributed by atoms with van der Waals surface area (Å²) in [7, 11) is 0. The second-order valence-corrected chi connectivity index (χ2v) is 5.70. The molecule has 0 radical (unpaired) electrons. The van der Waals surface area contributed by atoms with Gasteiger partial charge in [-0.05, 0) is 31.4 Å². The van der Waals surface area contributed by atoms with Gasteiger partial charge in [-0.2, -0.15) is 0 Å². The number of carbonyl (C=O) groups is 2. The number of carbonyl (C=O) groups excluding carboxylic acids is 1. The van der Waals surface area contributed by atoms with Gasteiger partial charge in [0.2, 0.25) is 5.91 Å². The highest BCUT2D eigenvalue weighted by Gasteiger charge is 2.32. The molecule has 1 aliphatic heterocycles. The lowest BCUT2D eigenvalue weighted by Gasteiger charge is -2.31. The molecule has 0 fully saturated rings. The lowest BCUT2D eigenvalue weighted by Crippen LogP contribution is -2.39. The Kier molecular flexibility index (Phi) is 3.60. The fourth-order valence-corrected chi connectivity index (χ4v) is 2.27. The predicted molar refractivity (Wildman–Crippen MR) is 71.6 cm³/mol. The van der Waals surface area contributed by atoms with Gasteiger partial charge in [0, 0.05) is 19.5 Å². The number of carboxylic acids is 1. The zero-order valence-corrected chi connectivity index (χ0v) is 11.3. The van der Waals surface area contributed by atoms with Crippen LogP contribution >= 0.6 is 0 Å². The van der Waals surface area contributed by atoms with Gasteiger partial charge in [-0.25, -0.2) is 0 Å². The third-order valence-electron chi connectivity index (χ3n) is 3.66. The molecule has 0 spiro atoms. The minimum absolute atomic E-state index is 0.0461. The molecular weight excluding hydrogens is 242 g/mol. The molecule has 0 atom stereocenters. The first-order chi connectivity index (χ1) is 8.90. The fourth-order valence-electron chi connectivity index (χ4n) is 2.27. The van der Waals surface area contributed by atoms with Crippen LogP contribution in [0.5, 0.6) is 0 Å². The van der Waals surface area contributed by atoms with Gasteiger partial charge in [-0.3, -0.25) is 9.59 Å². The predicted octanol–water partition coefficient (Wildman–Crippen LogP) is 2.07. The normalized spacial score (nSPS) is 14.9. The van der Waals surface area contributed by atoms with Crippen LogP contribution < -0.4 is 0 Å². The number of nitrogens with zero attached hydrogens (tertiary/aromatic N) is 1. The number of aliphatic carboxylic acids is 1. The van der Waals surface area contributed by atoms with E-state index in [1.54, 1.807) is 18.7 Å². The Morgan fingerprint density at radius 2 is 1.89 bits per heavy atom. The van der Waals surface area contributed by atoms with Crippen molar-refractivity contribution in [2.75, 3.05) is 6.54 Å². The molecule has 0 aromatic heterocycles. The summed E-state index contributed by atoms with van der Waals surface area (Å²) in [6.45, 7) is 4.44. The van der Waals surface area contributed by atoms with Crippen molar-refractivity contribution in [1.82, 2.24) is 4.90 Å². The summed E-state index contributed by atoms with van der Waals surface area (Å²) in [6.07, 6.45) is 0.889. The highest BCUT2D eigenvalue weighted by Crippen LogP contribution is 2.25. The number of hydrogen-bond acceptors (Lipinski definition) is 2. The lowest BCUT2D eigenvalue weighted by atomic mass is 9.88. The largest absolute Gasteiger partial charge is 0.481 e. The Morgan fingerprint density at radius 3 is 2.53 bits per heavy atom. The average molecular weight is 261 g/mol. The SMILES string of the molecule is CC(C)(CC(=O)N1CCc2ccccc2C1)C(=O)O. The van der Waals surface area contributed by atoms with Crippen molar-refractivity contribution < 1.29 is 14.7 Å². The van der Waals surface area contributed by atoms with Crippen molar-refractivity contribution in [2.45, 2.75) is 33.2 Å². The van der Waals surface area contributed by atoms with E-state index >= 15 is 0 Å². The van der Waals surface area contributed by atoms with E-state index in [1.165, 1.54) is 5.56 Å². The van der Waals surface area contributed by atoms with Gasteiger partial charge in [-0.1, -0.05) is 24.3 Å². The summed E-state index contributed by atoms with van der Waals surface area (Å²) in [5.74, 6) is -1.01. The third-order valence-corrected chi connectivity index (χ3v) is 3.66. The molecule has 1 aromatic rings. The molecule has 0 unspecified atom stereocenters. The molecule has 19 heavy (non-hydrogen) atoms. The van der Waals surface area contributed by atoms with Crippen LogP contribution in [0.4, 0.5) is 0 Å². The summed E-state index contributed by atoms with van der Waals surface area (Å²) < 4.78 is 0. The van der Waals surface area contributed by atoms with E-state index in [9.17, 15) is 9.59 Å². The van der Waals surface area contributed by atoms with E-state index in [4.69, 9.17) is 5.11 Å². The molecule has 1 N–H and O–H groups in total. The zero-order chi connectivity index (χ0) is 14.0. The Bertz CT molecular complexity index is 508. The molecule has 1 aliphatic rings. The molecule has 1 amide bonds. The number of amides is 1. The van der Waals surface area contributed by atoms with Crippen molar-refractivity contribution in [3.63, 3.8) is 0 Å².